The van der Waals surface area contributed by atoms with Gasteiger partial charge in [0.25, 0.3) is 5.91 Å². The second-order valence-electron chi connectivity index (χ2n) is 5.83. The molecular weight excluding hydrogens is 331 g/mol. The van der Waals surface area contributed by atoms with E-state index in [4.69, 9.17) is 14.4 Å². The SMILES string of the molecule is O=C(O)C1CCCN(C(=O)c2cc(COc3ccccc3F)on2)C1. The first-order valence-corrected chi connectivity index (χ1v) is 7.89. The molecule has 8 heteroatoms. The predicted octanol–water partition coefficient (Wildman–Crippen LogP) is 2.33. The van der Waals surface area contributed by atoms with Crippen molar-refractivity contribution >= 4 is 11.9 Å². The molecule has 0 spiro atoms. The van der Waals surface area contributed by atoms with Gasteiger partial charge in [0.2, 0.25) is 0 Å². The summed E-state index contributed by atoms with van der Waals surface area (Å²) in [7, 11) is 0. The molecule has 2 aromatic rings. The summed E-state index contributed by atoms with van der Waals surface area (Å²) in [5.74, 6) is -1.99. The number of amides is 1. The molecule has 1 N–H and O–H groups in total. The molecule has 2 heterocycles. The van der Waals surface area contributed by atoms with E-state index in [9.17, 15) is 14.0 Å². The lowest BCUT2D eigenvalue weighted by molar-refractivity contribution is -0.143. The van der Waals surface area contributed by atoms with E-state index in [0.717, 1.165) is 0 Å². The zero-order chi connectivity index (χ0) is 17.8. The highest BCUT2D eigenvalue weighted by molar-refractivity contribution is 5.92. The highest BCUT2D eigenvalue weighted by Gasteiger charge is 2.30. The van der Waals surface area contributed by atoms with Gasteiger partial charge in [-0.1, -0.05) is 17.3 Å². The van der Waals surface area contributed by atoms with Crippen LogP contribution in [0.4, 0.5) is 4.39 Å². The molecule has 1 aliphatic heterocycles. The molecule has 25 heavy (non-hydrogen) atoms. The minimum Gasteiger partial charge on any atom is -0.482 e. The molecule has 1 aliphatic rings. The Bertz CT molecular complexity index is 776. The molecular formula is C17H17FN2O5. The number of carbonyl (C=O) groups is 2. The fourth-order valence-electron chi connectivity index (χ4n) is 2.72. The third-order valence-electron chi connectivity index (χ3n) is 4.04. The van der Waals surface area contributed by atoms with E-state index in [1.807, 2.05) is 0 Å². The van der Waals surface area contributed by atoms with Gasteiger partial charge in [0.1, 0.15) is 6.61 Å². The Balaban J connectivity index is 1.62. The Labute approximate surface area is 143 Å². The molecule has 0 radical (unpaired) electrons. The molecule has 1 saturated heterocycles. The summed E-state index contributed by atoms with van der Waals surface area (Å²) in [5, 5.41) is 12.8. The van der Waals surface area contributed by atoms with E-state index in [2.05, 4.69) is 5.16 Å². The highest BCUT2D eigenvalue weighted by atomic mass is 19.1. The summed E-state index contributed by atoms with van der Waals surface area (Å²) in [5.41, 5.74) is 0.0816. The predicted molar refractivity (Wildman–Crippen MR) is 83.5 cm³/mol. The van der Waals surface area contributed by atoms with Gasteiger partial charge in [0.15, 0.2) is 23.0 Å². The standard InChI is InChI=1S/C17H17FN2O5/c18-13-5-1-2-6-15(13)24-10-12-8-14(19-25-12)16(21)20-7-3-4-11(9-20)17(22)23/h1-2,5-6,8,11H,3-4,7,9-10H2,(H,22,23). The number of likely N-dealkylation sites (tertiary alicyclic amines) is 1. The van der Waals surface area contributed by atoms with Crippen molar-refractivity contribution in [2.45, 2.75) is 19.4 Å². The monoisotopic (exact) mass is 348 g/mol. The van der Waals surface area contributed by atoms with Crippen LogP contribution in [0.3, 0.4) is 0 Å². The molecule has 1 amide bonds. The summed E-state index contributed by atoms with van der Waals surface area (Å²) >= 11 is 0. The quantitative estimate of drug-likeness (QED) is 0.891. The number of hydrogen-bond donors (Lipinski definition) is 1. The van der Waals surface area contributed by atoms with E-state index in [0.29, 0.717) is 19.4 Å². The van der Waals surface area contributed by atoms with Crippen molar-refractivity contribution in [1.82, 2.24) is 10.1 Å². The molecule has 1 aromatic heterocycles. The first-order valence-electron chi connectivity index (χ1n) is 7.89. The Hall–Kier alpha value is -2.90. The van der Waals surface area contributed by atoms with Gasteiger partial charge in [-0.25, -0.2) is 4.39 Å². The van der Waals surface area contributed by atoms with E-state index >= 15 is 0 Å². The van der Waals surface area contributed by atoms with Gasteiger partial charge in [0, 0.05) is 19.2 Å². The minimum absolute atomic E-state index is 0.0705. The maximum absolute atomic E-state index is 13.5. The molecule has 132 valence electrons. The van der Waals surface area contributed by atoms with Crippen LogP contribution >= 0.6 is 0 Å². The van der Waals surface area contributed by atoms with Crippen molar-refractivity contribution in [1.29, 1.82) is 0 Å². The average Bonchev–Trinajstić information content (AvgIpc) is 3.09. The van der Waals surface area contributed by atoms with Crippen LogP contribution in [0.2, 0.25) is 0 Å². The summed E-state index contributed by atoms with van der Waals surface area (Å²) < 4.78 is 23.8. The minimum atomic E-state index is -0.906. The molecule has 1 aromatic carbocycles. The number of carboxylic acid groups (broad SMARTS) is 1. The lowest BCUT2D eigenvalue weighted by Crippen LogP contribution is -2.42. The number of nitrogens with zero attached hydrogens (tertiary/aromatic N) is 2. The summed E-state index contributed by atoms with van der Waals surface area (Å²) in [6.45, 7) is 0.567. The second kappa shape index (κ2) is 7.33. The number of rotatable bonds is 5. The molecule has 1 atom stereocenters. The van der Waals surface area contributed by atoms with Crippen molar-refractivity contribution in [3.63, 3.8) is 0 Å². The van der Waals surface area contributed by atoms with Crippen molar-refractivity contribution in [2.24, 2.45) is 5.92 Å². The number of aliphatic carboxylic acids is 1. The number of benzene rings is 1. The van der Waals surface area contributed by atoms with Crippen molar-refractivity contribution in [3.05, 3.63) is 47.6 Å². The maximum atomic E-state index is 13.5. The number of halogens is 1. The zero-order valence-corrected chi connectivity index (χ0v) is 13.4. The van der Waals surface area contributed by atoms with Crippen LogP contribution in [0.5, 0.6) is 5.75 Å². The van der Waals surface area contributed by atoms with Gasteiger partial charge in [-0.2, -0.15) is 0 Å². The first kappa shape index (κ1) is 16.9. The molecule has 1 fully saturated rings. The van der Waals surface area contributed by atoms with Crippen LogP contribution in [0, 0.1) is 11.7 Å². The molecule has 3 rings (SSSR count). The topological polar surface area (TPSA) is 92.9 Å². The Morgan fingerprint density at radius 3 is 2.96 bits per heavy atom. The van der Waals surface area contributed by atoms with Gasteiger partial charge >= 0.3 is 5.97 Å². The smallest absolute Gasteiger partial charge is 0.308 e. The number of aromatic nitrogens is 1. The van der Waals surface area contributed by atoms with Crippen LogP contribution in [-0.4, -0.2) is 40.1 Å². The maximum Gasteiger partial charge on any atom is 0.308 e. The molecule has 0 saturated carbocycles. The Kier molecular flexibility index (Phi) is 4.97. The van der Waals surface area contributed by atoms with Gasteiger partial charge < -0.3 is 19.3 Å². The van der Waals surface area contributed by atoms with Crippen molar-refractivity contribution in [3.8, 4) is 5.75 Å². The summed E-state index contributed by atoms with van der Waals surface area (Å²) in [6, 6.07) is 7.38. The summed E-state index contributed by atoms with van der Waals surface area (Å²) in [6.07, 6.45) is 1.18. The van der Waals surface area contributed by atoms with Gasteiger partial charge in [0.05, 0.1) is 5.92 Å². The normalized spacial score (nSPS) is 17.3. The van der Waals surface area contributed by atoms with E-state index in [1.165, 1.54) is 23.1 Å². The lowest BCUT2D eigenvalue weighted by Gasteiger charge is -2.29. The van der Waals surface area contributed by atoms with Crippen molar-refractivity contribution < 1.29 is 28.3 Å². The number of hydrogen-bond acceptors (Lipinski definition) is 5. The van der Waals surface area contributed by atoms with Gasteiger partial charge in [-0.15, -0.1) is 0 Å². The van der Waals surface area contributed by atoms with E-state index < -0.39 is 17.7 Å². The third-order valence-corrected chi connectivity index (χ3v) is 4.04. The van der Waals surface area contributed by atoms with E-state index in [1.54, 1.807) is 12.1 Å². The third kappa shape index (κ3) is 3.96. The number of ether oxygens (including phenoxy) is 1. The molecule has 0 bridgehead atoms. The second-order valence-corrected chi connectivity index (χ2v) is 5.83. The fraction of sp³-hybridized carbons (Fsp3) is 0.353. The van der Waals surface area contributed by atoms with E-state index in [-0.39, 0.29) is 36.3 Å². The number of carbonyl (C=O) groups excluding carboxylic acids is 1. The molecule has 1 unspecified atom stereocenters. The van der Waals surface area contributed by atoms with Crippen molar-refractivity contribution in [2.75, 3.05) is 13.1 Å². The number of piperidine rings is 1. The van der Waals surface area contributed by atoms with Crippen LogP contribution in [0.1, 0.15) is 29.1 Å². The fourth-order valence-corrected chi connectivity index (χ4v) is 2.72. The number of para-hydroxylation sites is 1. The summed E-state index contributed by atoms with van der Waals surface area (Å²) in [4.78, 5) is 25.0. The van der Waals surface area contributed by atoms with Crippen LogP contribution in [0.25, 0.3) is 0 Å². The number of carboxylic acids is 1. The van der Waals surface area contributed by atoms with Crippen LogP contribution < -0.4 is 4.74 Å². The average molecular weight is 348 g/mol. The highest BCUT2D eigenvalue weighted by Crippen LogP contribution is 2.20. The molecule has 0 aliphatic carbocycles. The van der Waals surface area contributed by atoms with Crippen LogP contribution in [0.15, 0.2) is 34.9 Å². The Morgan fingerprint density at radius 2 is 2.20 bits per heavy atom. The first-order chi connectivity index (χ1) is 12.0. The zero-order valence-electron chi connectivity index (χ0n) is 13.4. The van der Waals surface area contributed by atoms with Gasteiger partial charge in [-0.3, -0.25) is 9.59 Å². The van der Waals surface area contributed by atoms with Crippen LogP contribution in [-0.2, 0) is 11.4 Å². The largest absolute Gasteiger partial charge is 0.482 e. The molecule has 7 nitrogen and oxygen atoms in total. The lowest BCUT2D eigenvalue weighted by atomic mass is 9.98. The Morgan fingerprint density at radius 1 is 1.40 bits per heavy atom. The van der Waals surface area contributed by atoms with Gasteiger partial charge in [-0.05, 0) is 25.0 Å².